The Bertz CT molecular complexity index is 683. The Morgan fingerprint density at radius 1 is 1.43 bits per heavy atom. The molecule has 21 heavy (non-hydrogen) atoms. The van der Waals surface area contributed by atoms with Crippen molar-refractivity contribution in [1.29, 1.82) is 0 Å². The molecule has 2 atom stereocenters. The molecule has 0 spiro atoms. The zero-order chi connectivity index (χ0) is 15.0. The van der Waals surface area contributed by atoms with Crippen LogP contribution in [0.3, 0.4) is 0 Å². The number of halogens is 2. The number of rotatable bonds is 4. The van der Waals surface area contributed by atoms with Gasteiger partial charge in [-0.1, -0.05) is 42.3 Å². The van der Waals surface area contributed by atoms with E-state index in [9.17, 15) is 4.79 Å². The number of hydrogen-bond donors (Lipinski definition) is 1. The monoisotopic (exact) mass is 323 g/mol. The van der Waals surface area contributed by atoms with Gasteiger partial charge < -0.3 is 5.32 Å². The van der Waals surface area contributed by atoms with Gasteiger partial charge in [-0.05, 0) is 24.0 Å². The molecule has 1 amide bonds. The maximum absolute atomic E-state index is 12.0. The molecule has 1 aliphatic rings. The quantitative estimate of drug-likeness (QED) is 0.929. The Kier molecular flexibility index (Phi) is 3.91. The molecule has 1 aromatic carbocycles. The summed E-state index contributed by atoms with van der Waals surface area (Å²) in [6, 6.07) is 7.26. The lowest BCUT2D eigenvalue weighted by Gasteiger charge is -2.10. The fraction of sp³-hybridized carbons (Fsp3) is 0.333. The Balaban J connectivity index is 1.76. The third kappa shape index (κ3) is 3.06. The normalized spacial score (nSPS) is 20.3. The molecule has 1 aliphatic carbocycles. The van der Waals surface area contributed by atoms with E-state index in [1.165, 1.54) is 0 Å². The van der Waals surface area contributed by atoms with Crippen LogP contribution in [0.2, 0.25) is 10.0 Å². The van der Waals surface area contributed by atoms with Crippen LogP contribution >= 0.6 is 23.2 Å². The third-order valence-electron chi connectivity index (χ3n) is 3.77. The highest BCUT2D eigenvalue weighted by atomic mass is 35.5. The number of anilines is 1. The first kappa shape index (κ1) is 14.4. The summed E-state index contributed by atoms with van der Waals surface area (Å²) in [5.41, 5.74) is 0.864. The zero-order valence-corrected chi connectivity index (χ0v) is 13.0. The lowest BCUT2D eigenvalue weighted by molar-refractivity contribution is -0.117. The van der Waals surface area contributed by atoms with Crippen LogP contribution in [0.15, 0.2) is 30.5 Å². The number of benzene rings is 1. The number of nitrogens with one attached hydrogen (secondary N) is 1. The fourth-order valence-electron chi connectivity index (χ4n) is 2.30. The van der Waals surface area contributed by atoms with Gasteiger partial charge in [0, 0.05) is 12.0 Å². The van der Waals surface area contributed by atoms with E-state index in [1.807, 2.05) is 12.1 Å². The highest BCUT2D eigenvalue weighted by Crippen LogP contribution is 2.38. The third-order valence-corrected chi connectivity index (χ3v) is 4.62. The molecule has 1 fully saturated rings. The summed E-state index contributed by atoms with van der Waals surface area (Å²) in [4.78, 5) is 12.0. The first-order chi connectivity index (χ1) is 10.1. The summed E-state index contributed by atoms with van der Waals surface area (Å²) in [6.07, 6.45) is 2.62. The molecule has 6 heteroatoms. The summed E-state index contributed by atoms with van der Waals surface area (Å²) in [7, 11) is 0. The Morgan fingerprint density at radius 2 is 2.19 bits per heavy atom. The van der Waals surface area contributed by atoms with Gasteiger partial charge in [0.15, 0.2) is 0 Å². The zero-order valence-electron chi connectivity index (χ0n) is 11.5. The first-order valence-electron chi connectivity index (χ1n) is 6.82. The average molecular weight is 324 g/mol. The molecule has 1 aromatic heterocycles. The maximum atomic E-state index is 12.0. The van der Waals surface area contributed by atoms with Crippen molar-refractivity contribution < 1.29 is 4.79 Å². The van der Waals surface area contributed by atoms with Gasteiger partial charge in [0.25, 0.3) is 0 Å². The molecule has 2 aromatic rings. The van der Waals surface area contributed by atoms with Crippen LogP contribution in [0, 0.1) is 11.8 Å². The van der Waals surface area contributed by atoms with E-state index in [-0.39, 0.29) is 11.8 Å². The van der Waals surface area contributed by atoms with Crippen LogP contribution < -0.4 is 5.32 Å². The van der Waals surface area contributed by atoms with Crippen molar-refractivity contribution in [2.75, 3.05) is 5.32 Å². The maximum Gasteiger partial charge on any atom is 0.228 e. The Hall–Kier alpha value is -1.52. The van der Waals surface area contributed by atoms with Crippen molar-refractivity contribution in [2.45, 2.75) is 19.9 Å². The van der Waals surface area contributed by atoms with E-state index in [0.29, 0.717) is 28.3 Å². The van der Waals surface area contributed by atoms with Crippen LogP contribution in [0.1, 0.15) is 18.9 Å². The number of nitrogens with zero attached hydrogens (tertiary/aromatic N) is 2. The van der Waals surface area contributed by atoms with Gasteiger partial charge in [-0.15, -0.1) is 0 Å². The topological polar surface area (TPSA) is 46.9 Å². The predicted molar refractivity (Wildman–Crippen MR) is 83.7 cm³/mol. The van der Waals surface area contributed by atoms with Crippen molar-refractivity contribution in [1.82, 2.24) is 9.78 Å². The van der Waals surface area contributed by atoms with E-state index >= 15 is 0 Å². The number of hydrogen-bond acceptors (Lipinski definition) is 2. The number of amides is 1. The summed E-state index contributed by atoms with van der Waals surface area (Å²) < 4.78 is 1.71. The second-order valence-electron chi connectivity index (χ2n) is 5.40. The van der Waals surface area contributed by atoms with Crippen molar-refractivity contribution in [3.8, 4) is 0 Å². The highest BCUT2D eigenvalue weighted by molar-refractivity contribution is 6.42. The average Bonchev–Trinajstić information content (AvgIpc) is 3.03. The largest absolute Gasteiger partial charge is 0.311 e. The molecule has 1 saturated carbocycles. The first-order valence-corrected chi connectivity index (χ1v) is 7.57. The lowest BCUT2D eigenvalue weighted by Crippen LogP contribution is -2.18. The van der Waals surface area contributed by atoms with Crippen LogP contribution in [-0.2, 0) is 11.3 Å². The fourth-order valence-corrected chi connectivity index (χ4v) is 2.68. The van der Waals surface area contributed by atoms with Crippen LogP contribution in [0.4, 0.5) is 5.82 Å². The number of carbonyl (C=O) groups is 1. The minimum Gasteiger partial charge on any atom is -0.311 e. The van der Waals surface area contributed by atoms with E-state index < -0.39 is 0 Å². The molecule has 2 unspecified atom stereocenters. The molecule has 1 heterocycles. The minimum atomic E-state index is 0.0569. The van der Waals surface area contributed by atoms with Gasteiger partial charge in [0.2, 0.25) is 5.91 Å². The standard InChI is InChI=1S/C15H15Cl2N3O/c1-9-7-11(9)15(21)19-13-5-6-18-20(13)8-10-3-2-4-12(16)14(10)17/h2-6,9,11H,7-8H2,1H3,(H,19,21). The summed E-state index contributed by atoms with van der Waals surface area (Å²) in [6.45, 7) is 2.54. The van der Waals surface area contributed by atoms with Crippen LogP contribution in [-0.4, -0.2) is 15.7 Å². The van der Waals surface area contributed by atoms with Gasteiger partial charge >= 0.3 is 0 Å². The molecular formula is C15H15Cl2N3O. The van der Waals surface area contributed by atoms with Gasteiger partial charge in [0.05, 0.1) is 22.8 Å². The van der Waals surface area contributed by atoms with Crippen molar-refractivity contribution in [3.05, 3.63) is 46.1 Å². The number of carbonyl (C=O) groups excluding carboxylic acids is 1. The van der Waals surface area contributed by atoms with Crippen LogP contribution in [0.5, 0.6) is 0 Å². The predicted octanol–water partition coefficient (Wildman–Crippen LogP) is 3.83. The van der Waals surface area contributed by atoms with E-state index in [4.69, 9.17) is 23.2 Å². The highest BCUT2D eigenvalue weighted by Gasteiger charge is 2.39. The van der Waals surface area contributed by atoms with Gasteiger partial charge in [-0.3, -0.25) is 4.79 Å². The van der Waals surface area contributed by atoms with Gasteiger partial charge in [-0.2, -0.15) is 5.10 Å². The molecule has 0 aliphatic heterocycles. The van der Waals surface area contributed by atoms with E-state index in [0.717, 1.165) is 12.0 Å². The molecule has 1 N–H and O–H groups in total. The SMILES string of the molecule is CC1CC1C(=O)Nc1ccnn1Cc1cccc(Cl)c1Cl. The minimum absolute atomic E-state index is 0.0569. The van der Waals surface area contributed by atoms with E-state index in [1.54, 1.807) is 23.0 Å². The molecular weight excluding hydrogens is 309 g/mol. The molecule has 0 radical (unpaired) electrons. The van der Waals surface area contributed by atoms with Gasteiger partial charge in [-0.25, -0.2) is 4.68 Å². The van der Waals surface area contributed by atoms with Gasteiger partial charge in [0.1, 0.15) is 5.82 Å². The molecule has 110 valence electrons. The van der Waals surface area contributed by atoms with Crippen molar-refractivity contribution in [2.24, 2.45) is 11.8 Å². The molecule has 3 rings (SSSR count). The summed E-state index contributed by atoms with van der Waals surface area (Å²) in [5.74, 6) is 1.34. The van der Waals surface area contributed by atoms with E-state index in [2.05, 4.69) is 17.3 Å². The number of aromatic nitrogens is 2. The van der Waals surface area contributed by atoms with Crippen molar-refractivity contribution >= 4 is 34.9 Å². The second-order valence-corrected chi connectivity index (χ2v) is 6.18. The van der Waals surface area contributed by atoms with Crippen LogP contribution in [0.25, 0.3) is 0 Å². The smallest absolute Gasteiger partial charge is 0.228 e. The summed E-state index contributed by atoms with van der Waals surface area (Å²) >= 11 is 12.2. The Morgan fingerprint density at radius 3 is 2.90 bits per heavy atom. The lowest BCUT2D eigenvalue weighted by atomic mass is 10.2. The molecule has 4 nitrogen and oxygen atoms in total. The summed E-state index contributed by atoms with van der Waals surface area (Å²) in [5, 5.41) is 8.19. The second kappa shape index (κ2) is 5.70. The van der Waals surface area contributed by atoms with Crippen molar-refractivity contribution in [3.63, 3.8) is 0 Å². The molecule has 0 saturated heterocycles. The molecule has 0 bridgehead atoms. The Labute approximate surface area is 133 Å².